The van der Waals surface area contributed by atoms with E-state index in [-0.39, 0.29) is 17.1 Å². The number of hydrogen-bond donors (Lipinski definition) is 2. The summed E-state index contributed by atoms with van der Waals surface area (Å²) < 4.78 is 1.02. The third kappa shape index (κ3) is 5.51. The van der Waals surface area contributed by atoms with E-state index in [0.29, 0.717) is 0 Å². The monoisotopic (exact) mass is 522 g/mol. The van der Waals surface area contributed by atoms with Crippen molar-refractivity contribution in [1.29, 1.82) is 0 Å². The fourth-order valence-corrected chi connectivity index (χ4v) is 3.56. The fraction of sp³-hybridized carbons (Fsp3) is 0. The summed E-state index contributed by atoms with van der Waals surface area (Å²) in [6.45, 7) is 0. The van der Waals surface area contributed by atoms with Crippen molar-refractivity contribution >= 4 is 62.3 Å². The first-order valence-electron chi connectivity index (χ1n) is 9.80. The van der Waals surface area contributed by atoms with E-state index in [1.807, 2.05) is 54.6 Å². The van der Waals surface area contributed by atoms with E-state index in [1.54, 1.807) is 12.4 Å². The summed E-state index contributed by atoms with van der Waals surface area (Å²) in [5.41, 5.74) is 7.86. The maximum Gasteiger partial charge on any atom is 0.0659 e. The minimum atomic E-state index is 0. The molecule has 4 aromatic rings. The van der Waals surface area contributed by atoms with E-state index in [1.165, 1.54) is 0 Å². The number of aromatic nitrogens is 5. The average molecular weight is 523 g/mol. The van der Waals surface area contributed by atoms with Gasteiger partial charge < -0.3 is 9.97 Å². The van der Waals surface area contributed by atoms with Crippen LogP contribution in [0.4, 0.5) is 0 Å². The Kier molecular flexibility index (Phi) is 6.80. The van der Waals surface area contributed by atoms with Crippen LogP contribution in [-0.4, -0.2) is 24.9 Å². The van der Waals surface area contributed by atoms with Crippen molar-refractivity contribution in [3.8, 4) is 0 Å². The SMILES string of the molecule is Brc1cccnc1.C1=Cc2cc3ccc(cc4ccc(cc5nc(cc1n2)C=C5)[nH]4)[nH]3.[Mn]. The normalized spacial score (nSPS) is 11.4. The number of fused-ring (bicyclic) bond motifs is 8. The predicted octanol–water partition coefficient (Wildman–Crippen LogP) is 6.50. The minimum Gasteiger partial charge on any atom is -0.355 e. The Morgan fingerprint density at radius 1 is 0.594 bits per heavy atom. The van der Waals surface area contributed by atoms with Crippen LogP contribution in [0.1, 0.15) is 22.8 Å². The summed E-state index contributed by atoms with van der Waals surface area (Å²) in [4.78, 5) is 19.9. The summed E-state index contributed by atoms with van der Waals surface area (Å²) in [5.74, 6) is 0. The Labute approximate surface area is 204 Å². The molecule has 0 spiro atoms. The van der Waals surface area contributed by atoms with Crippen molar-refractivity contribution in [2.75, 3.05) is 0 Å². The van der Waals surface area contributed by atoms with Crippen LogP contribution in [0.25, 0.3) is 46.4 Å². The van der Waals surface area contributed by atoms with Gasteiger partial charge in [0.2, 0.25) is 0 Å². The van der Waals surface area contributed by atoms with Gasteiger partial charge in [-0.1, -0.05) is 0 Å². The second kappa shape index (κ2) is 9.92. The van der Waals surface area contributed by atoms with Gasteiger partial charge in [0, 0.05) is 56.0 Å². The molecule has 157 valence electrons. The summed E-state index contributed by atoms with van der Waals surface area (Å²) in [6.07, 6.45) is 11.5. The minimum absolute atomic E-state index is 0. The molecule has 7 heteroatoms. The first kappa shape index (κ1) is 22.0. The first-order chi connectivity index (χ1) is 15.2. The number of aromatic amines is 2. The quantitative estimate of drug-likeness (QED) is 0.224. The van der Waals surface area contributed by atoms with Crippen LogP contribution >= 0.6 is 15.9 Å². The van der Waals surface area contributed by atoms with Gasteiger partial charge in [-0.2, -0.15) is 0 Å². The zero-order valence-corrected chi connectivity index (χ0v) is 19.6. The molecule has 0 atom stereocenters. The smallest absolute Gasteiger partial charge is 0.0659 e. The predicted molar refractivity (Wildman–Crippen MR) is 131 cm³/mol. The molecule has 2 aliphatic rings. The van der Waals surface area contributed by atoms with Crippen molar-refractivity contribution < 1.29 is 17.1 Å². The summed E-state index contributed by atoms with van der Waals surface area (Å²) in [7, 11) is 0. The van der Waals surface area contributed by atoms with E-state index in [0.717, 1.165) is 49.3 Å². The fourth-order valence-electron chi connectivity index (χ4n) is 3.29. The molecule has 0 fully saturated rings. The van der Waals surface area contributed by atoms with E-state index in [9.17, 15) is 0 Å². The van der Waals surface area contributed by atoms with Crippen LogP contribution in [0.2, 0.25) is 0 Å². The zero-order valence-electron chi connectivity index (χ0n) is 16.8. The van der Waals surface area contributed by atoms with E-state index in [2.05, 4.69) is 71.2 Å². The molecule has 1 radical (unpaired) electrons. The maximum atomic E-state index is 4.62. The molecule has 6 rings (SSSR count). The molecule has 0 saturated carbocycles. The molecular weight excluding hydrogens is 505 g/mol. The number of pyridine rings is 1. The summed E-state index contributed by atoms with van der Waals surface area (Å²) in [5, 5.41) is 0. The van der Waals surface area contributed by atoms with Gasteiger partial charge in [-0.05, 0) is 101 Å². The number of halogens is 1. The Bertz CT molecular complexity index is 1360. The largest absolute Gasteiger partial charge is 0.355 e. The Balaban J connectivity index is 0.000000265. The van der Waals surface area contributed by atoms with Gasteiger partial charge in [-0.15, -0.1) is 0 Å². The molecule has 0 aromatic carbocycles. The third-order valence-electron chi connectivity index (χ3n) is 4.67. The second-order valence-corrected chi connectivity index (χ2v) is 7.99. The molecule has 2 N–H and O–H groups in total. The third-order valence-corrected chi connectivity index (χ3v) is 5.14. The summed E-state index contributed by atoms with van der Waals surface area (Å²) >= 11 is 3.25. The first-order valence-corrected chi connectivity index (χ1v) is 10.6. The van der Waals surface area contributed by atoms with Gasteiger partial charge in [0.05, 0.1) is 22.8 Å². The van der Waals surface area contributed by atoms with Crippen molar-refractivity contribution in [3.63, 3.8) is 0 Å². The topological polar surface area (TPSA) is 70.2 Å². The molecule has 0 aliphatic carbocycles. The molecule has 0 unspecified atom stereocenters. The Morgan fingerprint density at radius 2 is 1.06 bits per heavy atom. The van der Waals surface area contributed by atoms with Crippen LogP contribution in [-0.2, 0) is 17.1 Å². The number of nitrogens with one attached hydrogen (secondary N) is 2. The van der Waals surface area contributed by atoms with Crippen LogP contribution in [0.5, 0.6) is 0 Å². The molecule has 2 aliphatic heterocycles. The Hall–Kier alpha value is -3.25. The number of H-pyrrole nitrogens is 2. The zero-order chi connectivity index (χ0) is 21.0. The molecule has 0 saturated heterocycles. The van der Waals surface area contributed by atoms with Crippen molar-refractivity contribution in [1.82, 2.24) is 24.9 Å². The van der Waals surface area contributed by atoms with Crippen LogP contribution in [0.15, 0.2) is 77.5 Å². The number of hydrogen-bond acceptors (Lipinski definition) is 3. The van der Waals surface area contributed by atoms with Gasteiger partial charge in [0.15, 0.2) is 0 Å². The van der Waals surface area contributed by atoms with E-state index >= 15 is 0 Å². The van der Waals surface area contributed by atoms with E-state index in [4.69, 9.17) is 0 Å². The van der Waals surface area contributed by atoms with Crippen LogP contribution < -0.4 is 0 Å². The van der Waals surface area contributed by atoms with Gasteiger partial charge >= 0.3 is 0 Å². The molecule has 5 nitrogen and oxygen atoms in total. The van der Waals surface area contributed by atoms with Crippen molar-refractivity contribution in [2.24, 2.45) is 0 Å². The van der Waals surface area contributed by atoms with Gasteiger partial charge in [-0.3, -0.25) is 4.98 Å². The molecular formula is C25H18BrMnN5. The van der Waals surface area contributed by atoms with Crippen molar-refractivity contribution in [2.45, 2.75) is 0 Å². The molecule has 32 heavy (non-hydrogen) atoms. The number of rotatable bonds is 0. The Morgan fingerprint density at radius 3 is 1.47 bits per heavy atom. The van der Waals surface area contributed by atoms with Gasteiger partial charge in [-0.25, -0.2) is 9.97 Å². The molecule has 4 aromatic heterocycles. The van der Waals surface area contributed by atoms with E-state index < -0.39 is 0 Å². The van der Waals surface area contributed by atoms with Gasteiger partial charge in [0.25, 0.3) is 0 Å². The average Bonchev–Trinajstić information content (AvgIpc) is 3.55. The standard InChI is InChI=1S/C20H14N4.C5H4BrN.Mn/c1-2-14-10-16-5-6-18(23-16)12-20-8-7-19(24-20)11-17-4-3-15(22-17)9-13(1)21-14;6-5-2-1-3-7-4-5;/h1-12,21-22H;1-4H;. The van der Waals surface area contributed by atoms with Gasteiger partial charge in [0.1, 0.15) is 0 Å². The molecule has 6 heterocycles. The molecule has 8 bridgehead atoms. The second-order valence-electron chi connectivity index (χ2n) is 7.08. The summed E-state index contributed by atoms with van der Waals surface area (Å²) in [6, 6.07) is 20.2. The van der Waals surface area contributed by atoms with Crippen LogP contribution in [0, 0.1) is 0 Å². The molecule has 0 amide bonds. The van der Waals surface area contributed by atoms with Crippen LogP contribution in [0.3, 0.4) is 0 Å². The number of nitrogens with zero attached hydrogens (tertiary/aromatic N) is 3. The maximum absolute atomic E-state index is 4.62. The van der Waals surface area contributed by atoms with Crippen molar-refractivity contribution in [3.05, 3.63) is 100 Å².